The van der Waals surface area contributed by atoms with E-state index in [0.29, 0.717) is 24.2 Å². The van der Waals surface area contributed by atoms with Crippen LogP contribution in [0.1, 0.15) is 25.3 Å². The number of rotatable bonds is 4. The molecule has 3 N–H and O–H groups in total. The molecule has 2 heterocycles. The van der Waals surface area contributed by atoms with E-state index in [1.807, 2.05) is 4.90 Å². The van der Waals surface area contributed by atoms with E-state index in [1.54, 1.807) is 12.1 Å². The summed E-state index contributed by atoms with van der Waals surface area (Å²) >= 11 is 0. The molecule has 0 radical (unpaired) electrons. The number of carbonyl (C=O) groups is 1. The molecule has 5 nitrogen and oxygen atoms in total. The number of nitrogens with zero attached hydrogens (tertiary/aromatic N) is 2. The molecular weight excluding hydrogens is 357 g/mol. The summed E-state index contributed by atoms with van der Waals surface area (Å²) in [6.45, 7) is 3.60. The first-order valence-electron chi connectivity index (χ1n) is 8.99. The Balaban J connectivity index is 1.93. The Kier molecular flexibility index (Phi) is 5.55. The summed E-state index contributed by atoms with van der Waals surface area (Å²) in [4.78, 5) is 17.9. The van der Waals surface area contributed by atoms with Gasteiger partial charge in [0.25, 0.3) is 0 Å². The highest BCUT2D eigenvalue weighted by Crippen LogP contribution is 2.38. The molecule has 0 saturated carbocycles. The molecule has 0 spiro atoms. The van der Waals surface area contributed by atoms with Crippen LogP contribution in [-0.4, -0.2) is 36.6 Å². The lowest BCUT2D eigenvalue weighted by Crippen LogP contribution is -2.50. The molecule has 27 heavy (non-hydrogen) atoms. The van der Waals surface area contributed by atoms with Crippen LogP contribution in [0.15, 0.2) is 30.5 Å². The zero-order valence-electron chi connectivity index (χ0n) is 15.1. The van der Waals surface area contributed by atoms with E-state index < -0.39 is 11.7 Å². The van der Waals surface area contributed by atoms with Gasteiger partial charge in [-0.3, -0.25) is 9.78 Å². The van der Waals surface area contributed by atoms with Crippen molar-refractivity contribution in [2.45, 2.75) is 32.0 Å². The largest absolute Gasteiger partial charge is 0.418 e. The van der Waals surface area contributed by atoms with E-state index in [4.69, 9.17) is 5.73 Å². The Morgan fingerprint density at radius 3 is 2.81 bits per heavy atom. The van der Waals surface area contributed by atoms with Crippen molar-refractivity contribution in [1.29, 1.82) is 0 Å². The molecule has 146 valence electrons. The van der Waals surface area contributed by atoms with Gasteiger partial charge in [-0.05, 0) is 36.6 Å². The SMILES string of the molecule is C[C@H]1C[C@@H](NC(=O)CCN)CN(c2ccc(C(F)(F)F)c3ncccc23)C1. The van der Waals surface area contributed by atoms with Crippen molar-refractivity contribution in [3.63, 3.8) is 0 Å². The Hall–Kier alpha value is -2.35. The van der Waals surface area contributed by atoms with Crippen LogP contribution in [0.5, 0.6) is 0 Å². The number of fused-ring (bicyclic) bond motifs is 1. The second-order valence-corrected chi connectivity index (χ2v) is 7.08. The number of alkyl halides is 3. The number of hydrogen-bond donors (Lipinski definition) is 2. The second-order valence-electron chi connectivity index (χ2n) is 7.08. The van der Waals surface area contributed by atoms with Gasteiger partial charge in [0, 0.05) is 49.4 Å². The fourth-order valence-corrected chi connectivity index (χ4v) is 3.75. The van der Waals surface area contributed by atoms with Crippen molar-refractivity contribution in [3.05, 3.63) is 36.0 Å². The first-order valence-corrected chi connectivity index (χ1v) is 8.99. The van der Waals surface area contributed by atoms with Crippen LogP contribution in [0, 0.1) is 5.92 Å². The maximum absolute atomic E-state index is 13.3. The molecule has 1 aromatic carbocycles. The van der Waals surface area contributed by atoms with Crippen molar-refractivity contribution in [3.8, 4) is 0 Å². The molecular formula is C19H23F3N4O. The zero-order chi connectivity index (χ0) is 19.6. The first-order chi connectivity index (χ1) is 12.8. The molecule has 2 atom stereocenters. The number of hydrogen-bond acceptors (Lipinski definition) is 4. The number of nitrogens with two attached hydrogens (primary N) is 1. The average molecular weight is 380 g/mol. The van der Waals surface area contributed by atoms with Crippen molar-refractivity contribution in [2.24, 2.45) is 11.7 Å². The molecule has 1 fully saturated rings. The molecule has 1 saturated heterocycles. The number of piperidine rings is 1. The van der Waals surface area contributed by atoms with Gasteiger partial charge in [-0.2, -0.15) is 13.2 Å². The van der Waals surface area contributed by atoms with E-state index in [0.717, 1.165) is 12.5 Å². The molecule has 0 bridgehead atoms. The van der Waals surface area contributed by atoms with Crippen LogP contribution in [0.2, 0.25) is 0 Å². The highest BCUT2D eigenvalue weighted by Gasteiger charge is 2.34. The number of benzene rings is 1. The molecule has 1 aliphatic heterocycles. The van der Waals surface area contributed by atoms with Crippen LogP contribution in [-0.2, 0) is 11.0 Å². The summed E-state index contributed by atoms with van der Waals surface area (Å²) < 4.78 is 40.0. The Labute approximate surface area is 155 Å². The third-order valence-electron chi connectivity index (χ3n) is 4.79. The average Bonchev–Trinajstić information content (AvgIpc) is 2.59. The number of halogens is 3. The Bertz CT molecular complexity index is 824. The minimum absolute atomic E-state index is 0.0514. The number of pyridine rings is 1. The minimum atomic E-state index is -4.46. The van der Waals surface area contributed by atoms with Gasteiger partial charge in [-0.1, -0.05) is 6.92 Å². The van der Waals surface area contributed by atoms with Gasteiger partial charge in [0.1, 0.15) is 0 Å². The van der Waals surface area contributed by atoms with E-state index >= 15 is 0 Å². The number of carbonyl (C=O) groups excluding carboxylic acids is 1. The summed E-state index contributed by atoms with van der Waals surface area (Å²) in [5, 5.41) is 3.44. The van der Waals surface area contributed by atoms with E-state index in [2.05, 4.69) is 17.2 Å². The number of aromatic nitrogens is 1. The Morgan fingerprint density at radius 1 is 1.33 bits per heavy atom. The topological polar surface area (TPSA) is 71.2 Å². The molecule has 3 rings (SSSR count). The second kappa shape index (κ2) is 7.72. The molecule has 2 aromatic rings. The number of anilines is 1. The van der Waals surface area contributed by atoms with Gasteiger partial charge in [-0.15, -0.1) is 0 Å². The van der Waals surface area contributed by atoms with E-state index in [9.17, 15) is 18.0 Å². The standard InChI is InChI=1S/C19H23F3N4O/c1-12-9-13(25-17(27)6-7-23)11-26(10-12)16-5-4-15(19(20,21)22)18-14(16)3-2-8-24-18/h2-5,8,12-13H,6-7,9-11,23H2,1H3,(H,25,27)/t12-,13+/m0/s1. The third kappa shape index (κ3) is 4.32. The quantitative estimate of drug-likeness (QED) is 0.856. The number of amides is 1. The summed E-state index contributed by atoms with van der Waals surface area (Å²) in [6.07, 6.45) is -2.00. The van der Waals surface area contributed by atoms with Gasteiger partial charge in [0.2, 0.25) is 5.91 Å². The van der Waals surface area contributed by atoms with Crippen LogP contribution < -0.4 is 16.0 Å². The fraction of sp³-hybridized carbons (Fsp3) is 0.474. The van der Waals surface area contributed by atoms with Gasteiger partial charge in [0.15, 0.2) is 0 Å². The maximum atomic E-state index is 13.3. The third-order valence-corrected chi connectivity index (χ3v) is 4.79. The van der Waals surface area contributed by atoms with Crippen molar-refractivity contribution in [2.75, 3.05) is 24.5 Å². The van der Waals surface area contributed by atoms with Crippen molar-refractivity contribution < 1.29 is 18.0 Å². The van der Waals surface area contributed by atoms with Crippen LogP contribution in [0.25, 0.3) is 10.9 Å². The lowest BCUT2D eigenvalue weighted by atomic mass is 9.94. The van der Waals surface area contributed by atoms with Gasteiger partial charge in [-0.25, -0.2) is 0 Å². The molecule has 1 aliphatic rings. The van der Waals surface area contributed by atoms with Gasteiger partial charge >= 0.3 is 6.18 Å². The van der Waals surface area contributed by atoms with Crippen LogP contribution in [0.3, 0.4) is 0 Å². The molecule has 0 unspecified atom stereocenters. The van der Waals surface area contributed by atoms with Crippen LogP contribution in [0.4, 0.5) is 18.9 Å². The minimum Gasteiger partial charge on any atom is -0.369 e. The monoisotopic (exact) mass is 380 g/mol. The molecule has 1 aromatic heterocycles. The van der Waals surface area contributed by atoms with E-state index in [-0.39, 0.29) is 36.3 Å². The normalized spacial score (nSPS) is 20.7. The fourth-order valence-electron chi connectivity index (χ4n) is 3.75. The lowest BCUT2D eigenvalue weighted by Gasteiger charge is -2.39. The number of nitrogens with one attached hydrogen (secondary N) is 1. The summed E-state index contributed by atoms with van der Waals surface area (Å²) in [6, 6.07) is 5.82. The summed E-state index contributed by atoms with van der Waals surface area (Å²) in [7, 11) is 0. The predicted molar refractivity (Wildman–Crippen MR) is 98.3 cm³/mol. The predicted octanol–water partition coefficient (Wildman–Crippen LogP) is 2.93. The van der Waals surface area contributed by atoms with Gasteiger partial charge in [0.05, 0.1) is 11.1 Å². The van der Waals surface area contributed by atoms with Crippen molar-refractivity contribution in [1.82, 2.24) is 10.3 Å². The molecule has 8 heteroatoms. The van der Waals surface area contributed by atoms with Crippen molar-refractivity contribution >= 4 is 22.5 Å². The maximum Gasteiger partial charge on any atom is 0.418 e. The molecule has 0 aliphatic carbocycles. The lowest BCUT2D eigenvalue weighted by molar-refractivity contribution is -0.136. The Morgan fingerprint density at radius 2 is 2.11 bits per heavy atom. The highest BCUT2D eigenvalue weighted by atomic mass is 19.4. The van der Waals surface area contributed by atoms with Crippen LogP contribution >= 0.6 is 0 Å². The molecule has 1 amide bonds. The highest BCUT2D eigenvalue weighted by molar-refractivity contribution is 5.94. The smallest absolute Gasteiger partial charge is 0.369 e. The van der Waals surface area contributed by atoms with E-state index in [1.165, 1.54) is 12.3 Å². The first kappa shape index (κ1) is 19.4. The summed E-state index contributed by atoms with van der Waals surface area (Å²) in [5.41, 5.74) is 5.34. The van der Waals surface area contributed by atoms with Gasteiger partial charge < -0.3 is 16.0 Å². The summed E-state index contributed by atoms with van der Waals surface area (Å²) in [5.74, 6) is 0.187. The zero-order valence-corrected chi connectivity index (χ0v) is 15.1.